The third-order valence-electron chi connectivity index (χ3n) is 5.71. The van der Waals surface area contributed by atoms with E-state index in [4.69, 9.17) is 5.11 Å². The molecule has 27 heavy (non-hydrogen) atoms. The Morgan fingerprint density at radius 1 is 1.33 bits per heavy atom. The Morgan fingerprint density at radius 3 is 2.67 bits per heavy atom. The summed E-state index contributed by atoms with van der Waals surface area (Å²) in [7, 11) is 0. The van der Waals surface area contributed by atoms with Gasteiger partial charge in [0.1, 0.15) is 0 Å². The third-order valence-corrected chi connectivity index (χ3v) is 5.71. The highest BCUT2D eigenvalue weighted by atomic mass is 16.4. The van der Waals surface area contributed by atoms with Crippen molar-refractivity contribution in [1.82, 2.24) is 0 Å². The molecule has 0 saturated heterocycles. The van der Waals surface area contributed by atoms with Crippen LogP contribution in [0, 0.1) is 17.3 Å². The highest BCUT2D eigenvalue weighted by Gasteiger charge is 2.35. The number of carboxylic acid groups (broad SMARTS) is 1. The second kappa shape index (κ2) is 11.5. The van der Waals surface area contributed by atoms with Gasteiger partial charge in [0.2, 0.25) is 0 Å². The lowest BCUT2D eigenvalue weighted by atomic mass is 9.80. The van der Waals surface area contributed by atoms with Crippen molar-refractivity contribution >= 4 is 5.97 Å². The Bertz CT molecular complexity index is 532. The molecule has 3 N–H and O–H groups in total. The molecule has 0 amide bonds. The van der Waals surface area contributed by atoms with Gasteiger partial charge in [0.05, 0.1) is 12.2 Å². The number of aliphatic hydroxyl groups is 2. The highest BCUT2D eigenvalue weighted by Crippen LogP contribution is 2.40. The van der Waals surface area contributed by atoms with Crippen molar-refractivity contribution in [3.63, 3.8) is 0 Å². The molecule has 0 aromatic carbocycles. The van der Waals surface area contributed by atoms with Crippen molar-refractivity contribution in [2.24, 2.45) is 17.3 Å². The maximum absolute atomic E-state index is 10.6. The zero-order chi connectivity index (χ0) is 20.4. The first kappa shape index (κ1) is 23.6. The monoisotopic (exact) mass is 378 g/mol. The number of aliphatic hydroxyl groups excluding tert-OH is 2. The predicted molar refractivity (Wildman–Crippen MR) is 110 cm³/mol. The standard InChI is InChI=1S/C23H38O4/c1-5-6-15-23(3,4)21(25)14-13-19-18(17(2)16-20(19)24)11-9-7-8-10-12-22(26)27/h7,9,13-14,18-21,24-25H,2,5-6,8,10-12,15-16H2,1,3-4H3,(H,26,27)/b9-7+,14-13+/t18-,19?,20+,21+/m0/s1. The molecule has 0 aromatic heterocycles. The predicted octanol–water partition coefficient (Wildman–Crippen LogP) is 4.87. The van der Waals surface area contributed by atoms with E-state index in [2.05, 4.69) is 33.4 Å². The average Bonchev–Trinajstić information content (AvgIpc) is 2.86. The fourth-order valence-corrected chi connectivity index (χ4v) is 3.69. The van der Waals surface area contributed by atoms with Gasteiger partial charge in [-0.1, -0.05) is 70.1 Å². The first-order valence-corrected chi connectivity index (χ1v) is 10.3. The molecule has 4 nitrogen and oxygen atoms in total. The van der Waals surface area contributed by atoms with E-state index in [1.54, 1.807) is 0 Å². The second-order valence-corrected chi connectivity index (χ2v) is 8.53. The normalized spacial score (nSPS) is 24.9. The molecule has 0 aromatic rings. The SMILES string of the molecule is C=C1C[C@@H](O)C(/C=C/[C@@H](O)C(C)(C)CCCC)[C@H]1C/C=C/CCCC(=O)O. The summed E-state index contributed by atoms with van der Waals surface area (Å²) in [4.78, 5) is 10.5. The first-order chi connectivity index (χ1) is 12.7. The van der Waals surface area contributed by atoms with Crippen LogP contribution in [0.3, 0.4) is 0 Å². The molecule has 0 heterocycles. The van der Waals surface area contributed by atoms with Gasteiger partial charge in [-0.3, -0.25) is 4.79 Å². The van der Waals surface area contributed by atoms with E-state index in [0.29, 0.717) is 12.8 Å². The van der Waals surface area contributed by atoms with Crippen molar-refractivity contribution in [3.8, 4) is 0 Å². The molecule has 1 aliphatic carbocycles. The molecular weight excluding hydrogens is 340 g/mol. The van der Waals surface area contributed by atoms with Crippen LogP contribution in [0.15, 0.2) is 36.5 Å². The van der Waals surface area contributed by atoms with Gasteiger partial charge in [0, 0.05) is 12.3 Å². The van der Waals surface area contributed by atoms with Crippen molar-refractivity contribution in [2.75, 3.05) is 0 Å². The van der Waals surface area contributed by atoms with Crippen LogP contribution in [0.4, 0.5) is 0 Å². The van der Waals surface area contributed by atoms with E-state index in [1.807, 2.05) is 18.2 Å². The van der Waals surface area contributed by atoms with Crippen molar-refractivity contribution in [1.29, 1.82) is 0 Å². The molecule has 0 bridgehead atoms. The van der Waals surface area contributed by atoms with Crippen LogP contribution >= 0.6 is 0 Å². The van der Waals surface area contributed by atoms with Gasteiger partial charge in [-0.25, -0.2) is 0 Å². The number of aliphatic carboxylic acids is 1. The van der Waals surface area contributed by atoms with Gasteiger partial charge in [0.15, 0.2) is 0 Å². The van der Waals surface area contributed by atoms with E-state index in [1.165, 1.54) is 0 Å². The average molecular weight is 379 g/mol. The molecule has 1 aliphatic rings. The minimum absolute atomic E-state index is 0.0298. The quantitative estimate of drug-likeness (QED) is 0.334. The van der Waals surface area contributed by atoms with E-state index in [-0.39, 0.29) is 23.7 Å². The number of hydrogen-bond acceptors (Lipinski definition) is 3. The van der Waals surface area contributed by atoms with Crippen molar-refractivity contribution < 1.29 is 20.1 Å². The number of carboxylic acids is 1. The van der Waals surface area contributed by atoms with Gasteiger partial charge in [-0.15, -0.1) is 0 Å². The fourth-order valence-electron chi connectivity index (χ4n) is 3.69. The van der Waals surface area contributed by atoms with Crippen LogP contribution in [-0.2, 0) is 4.79 Å². The number of unbranched alkanes of at least 4 members (excludes halogenated alkanes) is 2. The summed E-state index contributed by atoms with van der Waals surface area (Å²) < 4.78 is 0. The molecule has 1 rings (SSSR count). The summed E-state index contributed by atoms with van der Waals surface area (Å²) in [5.74, 6) is -0.628. The minimum atomic E-state index is -0.763. The smallest absolute Gasteiger partial charge is 0.303 e. The zero-order valence-electron chi connectivity index (χ0n) is 17.2. The number of carbonyl (C=O) groups is 1. The van der Waals surface area contributed by atoms with Crippen LogP contribution in [0.25, 0.3) is 0 Å². The first-order valence-electron chi connectivity index (χ1n) is 10.3. The zero-order valence-corrected chi connectivity index (χ0v) is 17.2. The molecular formula is C23H38O4. The third kappa shape index (κ3) is 8.02. The summed E-state index contributed by atoms with van der Waals surface area (Å²) >= 11 is 0. The summed E-state index contributed by atoms with van der Waals surface area (Å²) in [6.45, 7) is 10.4. The molecule has 1 unspecified atom stereocenters. The van der Waals surface area contributed by atoms with Crippen LogP contribution in [-0.4, -0.2) is 33.5 Å². The molecule has 4 heteroatoms. The Morgan fingerprint density at radius 2 is 2.04 bits per heavy atom. The summed E-state index contributed by atoms with van der Waals surface area (Å²) in [6, 6.07) is 0. The van der Waals surface area contributed by atoms with Crippen LogP contribution in [0.1, 0.15) is 72.1 Å². The lowest BCUT2D eigenvalue weighted by molar-refractivity contribution is -0.137. The minimum Gasteiger partial charge on any atom is -0.481 e. The largest absolute Gasteiger partial charge is 0.481 e. The number of rotatable bonds is 12. The maximum atomic E-state index is 10.6. The number of hydrogen-bond donors (Lipinski definition) is 3. The van der Waals surface area contributed by atoms with Crippen LogP contribution in [0.2, 0.25) is 0 Å². The maximum Gasteiger partial charge on any atom is 0.303 e. The van der Waals surface area contributed by atoms with Crippen LogP contribution < -0.4 is 0 Å². The fraction of sp³-hybridized carbons (Fsp3) is 0.696. The highest BCUT2D eigenvalue weighted by molar-refractivity contribution is 5.66. The number of allylic oxidation sites excluding steroid dienone is 2. The van der Waals surface area contributed by atoms with E-state index in [9.17, 15) is 15.0 Å². The Kier molecular flexibility index (Phi) is 10.0. The van der Waals surface area contributed by atoms with E-state index < -0.39 is 18.2 Å². The van der Waals surface area contributed by atoms with Gasteiger partial charge in [0.25, 0.3) is 0 Å². The Labute approximate surface area is 164 Å². The molecule has 0 aliphatic heterocycles. The summed E-state index contributed by atoms with van der Waals surface area (Å²) in [5.41, 5.74) is 0.874. The molecule has 154 valence electrons. The van der Waals surface area contributed by atoms with E-state index in [0.717, 1.165) is 37.7 Å². The lowest BCUT2D eigenvalue weighted by Gasteiger charge is -2.29. The van der Waals surface area contributed by atoms with Gasteiger partial charge >= 0.3 is 5.97 Å². The van der Waals surface area contributed by atoms with Gasteiger partial charge in [-0.05, 0) is 43.4 Å². The topological polar surface area (TPSA) is 77.8 Å². The van der Waals surface area contributed by atoms with Gasteiger partial charge < -0.3 is 15.3 Å². The summed E-state index contributed by atoms with van der Waals surface area (Å²) in [6.07, 6.45) is 13.1. The molecule has 4 atom stereocenters. The van der Waals surface area contributed by atoms with Gasteiger partial charge in [-0.2, -0.15) is 0 Å². The molecule has 0 spiro atoms. The lowest BCUT2D eigenvalue weighted by Crippen LogP contribution is -2.28. The molecule has 1 fully saturated rings. The van der Waals surface area contributed by atoms with Crippen molar-refractivity contribution in [2.45, 2.75) is 84.3 Å². The van der Waals surface area contributed by atoms with Crippen LogP contribution in [0.5, 0.6) is 0 Å². The van der Waals surface area contributed by atoms with E-state index >= 15 is 0 Å². The van der Waals surface area contributed by atoms with Crippen molar-refractivity contribution in [3.05, 3.63) is 36.5 Å². The molecule has 1 saturated carbocycles. The Balaban J connectivity index is 2.63. The molecule has 0 radical (unpaired) electrons. The Hall–Kier alpha value is -1.39. The summed E-state index contributed by atoms with van der Waals surface area (Å²) in [5, 5.41) is 29.6. The second-order valence-electron chi connectivity index (χ2n) is 8.53.